The highest BCUT2D eigenvalue weighted by atomic mass is 32.2. The van der Waals surface area contributed by atoms with Crippen molar-refractivity contribution in [1.29, 1.82) is 0 Å². The molecule has 1 fully saturated rings. The summed E-state index contributed by atoms with van der Waals surface area (Å²) in [4.78, 5) is 17.4. The van der Waals surface area contributed by atoms with E-state index in [2.05, 4.69) is 10.3 Å². The number of para-hydroxylation sites is 1. The van der Waals surface area contributed by atoms with Crippen molar-refractivity contribution >= 4 is 34.6 Å². The molecule has 140 valence electrons. The van der Waals surface area contributed by atoms with Gasteiger partial charge in [-0.15, -0.1) is 0 Å². The van der Waals surface area contributed by atoms with Gasteiger partial charge in [0.1, 0.15) is 5.75 Å². The second-order valence-corrected chi connectivity index (χ2v) is 7.13. The molecule has 28 heavy (non-hydrogen) atoms. The van der Waals surface area contributed by atoms with Crippen LogP contribution in [0.25, 0.3) is 11.8 Å². The Balaban J connectivity index is 1.49. The number of nitrogens with zero attached hydrogens (tertiary/aromatic N) is 2. The van der Waals surface area contributed by atoms with Gasteiger partial charge in [0.05, 0.1) is 17.2 Å². The third-order valence-electron chi connectivity index (χ3n) is 4.10. The number of benzene rings is 2. The van der Waals surface area contributed by atoms with Crippen LogP contribution in [0.3, 0.4) is 0 Å². The Morgan fingerprint density at radius 3 is 2.64 bits per heavy atom. The minimum Gasteiger partial charge on any atom is -0.494 e. The van der Waals surface area contributed by atoms with Crippen LogP contribution in [0.2, 0.25) is 0 Å². The molecule has 0 bridgehead atoms. The molecule has 1 saturated heterocycles. The lowest BCUT2D eigenvalue weighted by molar-refractivity contribution is -0.115. The van der Waals surface area contributed by atoms with Crippen LogP contribution in [-0.4, -0.2) is 22.2 Å². The monoisotopic (exact) mass is 389 g/mol. The van der Waals surface area contributed by atoms with Gasteiger partial charge in [0.25, 0.3) is 5.91 Å². The van der Waals surface area contributed by atoms with Crippen molar-refractivity contribution in [2.24, 2.45) is 4.99 Å². The number of hydrogen-bond donors (Lipinski definition) is 1. The number of rotatable bonds is 5. The van der Waals surface area contributed by atoms with E-state index in [1.54, 1.807) is 0 Å². The highest BCUT2D eigenvalue weighted by Crippen LogP contribution is 2.29. The second-order valence-electron chi connectivity index (χ2n) is 6.10. The topological polar surface area (TPSA) is 55.6 Å². The highest BCUT2D eigenvalue weighted by molar-refractivity contribution is 8.18. The molecule has 2 aromatic carbocycles. The molecule has 0 radical (unpaired) electrons. The molecule has 0 saturated carbocycles. The first-order valence-electron chi connectivity index (χ1n) is 8.97. The fraction of sp³-hybridized carbons (Fsp3) is 0.0909. The van der Waals surface area contributed by atoms with Crippen LogP contribution in [0.1, 0.15) is 12.5 Å². The zero-order chi connectivity index (χ0) is 19.3. The molecule has 1 amide bonds. The molecular formula is C22H19N3O2S. The summed E-state index contributed by atoms with van der Waals surface area (Å²) in [5.41, 5.74) is 2.81. The molecule has 1 N–H and O–H groups in total. The number of aliphatic imine (C=N–C) groups is 1. The van der Waals surface area contributed by atoms with Crippen LogP contribution in [0.15, 0.2) is 83.0 Å². The van der Waals surface area contributed by atoms with Gasteiger partial charge in [0, 0.05) is 18.1 Å². The smallest absolute Gasteiger partial charge is 0.264 e. The first-order valence-corrected chi connectivity index (χ1v) is 9.79. The van der Waals surface area contributed by atoms with Crippen LogP contribution in [-0.2, 0) is 4.79 Å². The van der Waals surface area contributed by atoms with Gasteiger partial charge in [0.15, 0.2) is 5.17 Å². The molecule has 0 aliphatic carbocycles. The molecule has 1 aliphatic rings. The van der Waals surface area contributed by atoms with E-state index in [-0.39, 0.29) is 5.91 Å². The summed E-state index contributed by atoms with van der Waals surface area (Å²) in [6.45, 7) is 2.57. The van der Waals surface area contributed by atoms with E-state index in [9.17, 15) is 4.79 Å². The van der Waals surface area contributed by atoms with Crippen LogP contribution < -0.4 is 10.1 Å². The molecular weight excluding hydrogens is 370 g/mol. The number of hydrogen-bond acceptors (Lipinski definition) is 4. The van der Waals surface area contributed by atoms with E-state index in [4.69, 9.17) is 4.74 Å². The predicted octanol–water partition coefficient (Wildman–Crippen LogP) is 4.77. The maximum absolute atomic E-state index is 12.3. The molecule has 0 atom stereocenters. The molecule has 2 heterocycles. The number of thioether (sulfide) groups is 1. The molecule has 6 heteroatoms. The highest BCUT2D eigenvalue weighted by Gasteiger charge is 2.23. The zero-order valence-corrected chi connectivity index (χ0v) is 16.1. The Bertz CT molecular complexity index is 1040. The largest absolute Gasteiger partial charge is 0.494 e. The summed E-state index contributed by atoms with van der Waals surface area (Å²) < 4.78 is 7.46. The van der Waals surface area contributed by atoms with Gasteiger partial charge in [-0.05, 0) is 72.8 Å². The number of nitrogens with one attached hydrogen (secondary N) is 1. The zero-order valence-electron chi connectivity index (χ0n) is 15.3. The number of aromatic nitrogens is 1. The Labute approximate surface area is 167 Å². The van der Waals surface area contributed by atoms with E-state index in [1.807, 2.05) is 90.6 Å². The average molecular weight is 389 g/mol. The van der Waals surface area contributed by atoms with Gasteiger partial charge in [-0.25, -0.2) is 4.99 Å². The SMILES string of the molecule is CCOc1ccc(N=C2NC(=O)/C(=C\c3ccn(-c4ccccc4)c3)S2)cc1. The molecule has 0 unspecified atom stereocenters. The Morgan fingerprint density at radius 1 is 1.11 bits per heavy atom. The van der Waals surface area contributed by atoms with Gasteiger partial charge in [-0.3, -0.25) is 4.79 Å². The summed E-state index contributed by atoms with van der Waals surface area (Å²) in [7, 11) is 0. The molecule has 5 nitrogen and oxygen atoms in total. The van der Waals surface area contributed by atoms with Crippen LogP contribution in [0.5, 0.6) is 5.75 Å². The van der Waals surface area contributed by atoms with Gasteiger partial charge < -0.3 is 14.6 Å². The fourth-order valence-corrected chi connectivity index (χ4v) is 3.63. The van der Waals surface area contributed by atoms with Gasteiger partial charge in [-0.1, -0.05) is 18.2 Å². The van der Waals surface area contributed by atoms with Crippen LogP contribution >= 0.6 is 11.8 Å². The third-order valence-corrected chi connectivity index (χ3v) is 5.01. The van der Waals surface area contributed by atoms with Crippen LogP contribution in [0.4, 0.5) is 5.69 Å². The Hall–Kier alpha value is -3.25. The van der Waals surface area contributed by atoms with Crippen molar-refractivity contribution in [3.05, 3.63) is 83.5 Å². The lowest BCUT2D eigenvalue weighted by Gasteiger charge is -2.02. The summed E-state index contributed by atoms with van der Waals surface area (Å²) in [6, 6.07) is 19.5. The van der Waals surface area contributed by atoms with E-state index < -0.39 is 0 Å². The van der Waals surface area contributed by atoms with Crippen LogP contribution in [0, 0.1) is 0 Å². The van der Waals surface area contributed by atoms with E-state index in [1.165, 1.54) is 11.8 Å². The maximum atomic E-state index is 12.3. The van der Waals surface area contributed by atoms with E-state index in [0.29, 0.717) is 16.7 Å². The summed E-state index contributed by atoms with van der Waals surface area (Å²) in [5, 5.41) is 3.39. The van der Waals surface area contributed by atoms with Crippen molar-refractivity contribution in [1.82, 2.24) is 9.88 Å². The molecule has 0 spiro atoms. The standard InChI is InChI=1S/C22H19N3O2S/c1-2-27-19-10-8-17(9-11-19)23-22-24-21(26)20(28-22)14-16-12-13-25(15-16)18-6-4-3-5-7-18/h3-15H,2H2,1H3,(H,23,24,26)/b20-14+. The Kier molecular flexibility index (Phi) is 5.30. The summed E-state index contributed by atoms with van der Waals surface area (Å²) in [6.07, 6.45) is 5.85. The quantitative estimate of drug-likeness (QED) is 0.640. The number of carbonyl (C=O) groups excluding carboxylic acids is 1. The number of amides is 1. The predicted molar refractivity (Wildman–Crippen MR) is 114 cm³/mol. The van der Waals surface area contributed by atoms with Gasteiger partial charge in [0.2, 0.25) is 0 Å². The number of ether oxygens (including phenoxy) is 1. The van der Waals surface area contributed by atoms with Crippen molar-refractivity contribution in [2.45, 2.75) is 6.92 Å². The number of amidine groups is 1. The lowest BCUT2D eigenvalue weighted by atomic mass is 10.3. The normalized spacial score (nSPS) is 16.5. The summed E-state index contributed by atoms with van der Waals surface area (Å²) in [5.74, 6) is 0.667. The third kappa shape index (κ3) is 4.18. The van der Waals surface area contributed by atoms with Crippen molar-refractivity contribution in [3.8, 4) is 11.4 Å². The van der Waals surface area contributed by atoms with Crippen molar-refractivity contribution in [3.63, 3.8) is 0 Å². The molecule has 1 aliphatic heterocycles. The summed E-state index contributed by atoms with van der Waals surface area (Å²) >= 11 is 1.34. The Morgan fingerprint density at radius 2 is 1.89 bits per heavy atom. The molecule has 1 aromatic heterocycles. The minimum absolute atomic E-state index is 0.137. The minimum atomic E-state index is -0.137. The molecule has 3 aromatic rings. The first kappa shape index (κ1) is 18.1. The fourth-order valence-electron chi connectivity index (χ4n) is 2.79. The number of carbonyl (C=O) groups is 1. The van der Waals surface area contributed by atoms with Gasteiger partial charge in [-0.2, -0.15) is 0 Å². The van der Waals surface area contributed by atoms with Gasteiger partial charge >= 0.3 is 0 Å². The average Bonchev–Trinajstić information content (AvgIpc) is 3.31. The lowest BCUT2D eigenvalue weighted by Crippen LogP contribution is -2.19. The van der Waals surface area contributed by atoms with E-state index in [0.717, 1.165) is 22.7 Å². The molecule has 4 rings (SSSR count). The van der Waals surface area contributed by atoms with Crippen molar-refractivity contribution < 1.29 is 9.53 Å². The first-order chi connectivity index (χ1) is 13.7. The maximum Gasteiger partial charge on any atom is 0.264 e. The van der Waals surface area contributed by atoms with Crippen molar-refractivity contribution in [2.75, 3.05) is 6.61 Å². The van der Waals surface area contributed by atoms with E-state index >= 15 is 0 Å². The second kappa shape index (κ2) is 8.19.